The van der Waals surface area contributed by atoms with Gasteiger partial charge in [0.2, 0.25) is 0 Å². The Morgan fingerprint density at radius 2 is 2.42 bits per heavy atom. The lowest BCUT2D eigenvalue weighted by atomic mass is 10.1. The zero-order valence-corrected chi connectivity index (χ0v) is 14.3. The van der Waals surface area contributed by atoms with Gasteiger partial charge in [-0.2, -0.15) is 5.10 Å². The second kappa shape index (κ2) is 8.20. The van der Waals surface area contributed by atoms with E-state index >= 15 is 0 Å². The monoisotopic (exact) mass is 337 g/mol. The van der Waals surface area contributed by atoms with Crippen LogP contribution in [0, 0.1) is 0 Å². The number of hydrogen-bond donors (Lipinski definition) is 1. The van der Waals surface area contributed by atoms with Crippen LogP contribution in [0.4, 0.5) is 0 Å². The summed E-state index contributed by atoms with van der Waals surface area (Å²) < 4.78 is 12.6. The summed E-state index contributed by atoms with van der Waals surface area (Å²) in [5, 5.41) is 14.6. The highest BCUT2D eigenvalue weighted by Crippen LogP contribution is 2.16. The molecule has 0 bridgehead atoms. The number of nitrogens with zero attached hydrogens (tertiary/aromatic N) is 3. The van der Waals surface area contributed by atoms with E-state index in [1.54, 1.807) is 6.07 Å². The molecule has 0 spiro atoms. The van der Waals surface area contributed by atoms with Crippen LogP contribution in [-0.2, 0) is 29.0 Å². The van der Waals surface area contributed by atoms with E-state index in [2.05, 4.69) is 10.00 Å². The molecular weight excluding hydrogens is 310 g/mol. The van der Waals surface area contributed by atoms with Gasteiger partial charge in [0.05, 0.1) is 31.1 Å². The molecule has 0 aromatic carbocycles. The van der Waals surface area contributed by atoms with E-state index in [9.17, 15) is 9.90 Å². The molecule has 7 heteroatoms. The third-order valence-electron chi connectivity index (χ3n) is 4.63. The van der Waals surface area contributed by atoms with E-state index in [4.69, 9.17) is 9.47 Å². The maximum atomic E-state index is 11.9. The Balaban J connectivity index is 1.46. The van der Waals surface area contributed by atoms with Gasteiger partial charge in [-0.3, -0.25) is 9.69 Å². The highest BCUT2D eigenvalue weighted by molar-refractivity contribution is 5.20. The third-order valence-corrected chi connectivity index (χ3v) is 4.63. The van der Waals surface area contributed by atoms with Gasteiger partial charge in [-0.05, 0) is 25.3 Å². The minimum Gasteiger partial charge on any atom is -0.389 e. The molecule has 2 atom stereocenters. The predicted molar refractivity (Wildman–Crippen MR) is 89.0 cm³/mol. The first kappa shape index (κ1) is 17.5. The Morgan fingerprint density at radius 1 is 1.54 bits per heavy atom. The van der Waals surface area contributed by atoms with Crippen molar-refractivity contribution in [1.29, 1.82) is 0 Å². The quantitative estimate of drug-likeness (QED) is 0.765. The van der Waals surface area contributed by atoms with Crippen LogP contribution in [0.15, 0.2) is 10.9 Å². The molecule has 0 radical (unpaired) electrons. The summed E-state index contributed by atoms with van der Waals surface area (Å²) >= 11 is 0. The molecule has 7 nitrogen and oxygen atoms in total. The van der Waals surface area contributed by atoms with Gasteiger partial charge in [0.1, 0.15) is 0 Å². The van der Waals surface area contributed by atoms with Crippen molar-refractivity contribution in [3.05, 3.63) is 27.7 Å². The van der Waals surface area contributed by atoms with Crippen molar-refractivity contribution in [3.63, 3.8) is 0 Å². The zero-order valence-electron chi connectivity index (χ0n) is 14.3. The van der Waals surface area contributed by atoms with Gasteiger partial charge >= 0.3 is 0 Å². The summed E-state index contributed by atoms with van der Waals surface area (Å²) in [4.78, 5) is 14.1. The molecule has 0 unspecified atom stereocenters. The molecule has 24 heavy (non-hydrogen) atoms. The van der Waals surface area contributed by atoms with E-state index < -0.39 is 6.10 Å². The van der Waals surface area contributed by atoms with Crippen molar-refractivity contribution in [2.45, 2.75) is 51.5 Å². The molecule has 134 valence electrons. The van der Waals surface area contributed by atoms with Gasteiger partial charge < -0.3 is 14.6 Å². The number of aliphatic hydroxyl groups excluding tert-OH is 1. The minimum absolute atomic E-state index is 0.0569. The van der Waals surface area contributed by atoms with Crippen LogP contribution >= 0.6 is 0 Å². The number of aliphatic hydroxyl groups is 1. The van der Waals surface area contributed by atoms with E-state index in [-0.39, 0.29) is 11.7 Å². The third kappa shape index (κ3) is 4.42. The number of aromatic nitrogens is 2. The Kier molecular flexibility index (Phi) is 5.99. The number of β-amino-alcohol motifs (C(OH)–C–C–N with tert-alkyl or cyclic N) is 1. The second-order valence-electron chi connectivity index (χ2n) is 6.58. The number of aryl methyl sites for hydroxylation is 1. The zero-order chi connectivity index (χ0) is 16.9. The molecule has 0 amide bonds. The van der Waals surface area contributed by atoms with Crippen molar-refractivity contribution in [3.8, 4) is 0 Å². The number of fused-ring (bicyclic) bond motifs is 1. The van der Waals surface area contributed by atoms with Crippen LogP contribution in [0.3, 0.4) is 0 Å². The molecule has 1 saturated heterocycles. The van der Waals surface area contributed by atoms with Crippen molar-refractivity contribution in [2.24, 2.45) is 0 Å². The number of ether oxygens (including phenoxy) is 2. The van der Waals surface area contributed by atoms with Crippen LogP contribution in [0.25, 0.3) is 0 Å². The summed E-state index contributed by atoms with van der Waals surface area (Å²) in [6, 6.07) is 1.68. The van der Waals surface area contributed by atoms with Gasteiger partial charge in [0.15, 0.2) is 0 Å². The maximum Gasteiger partial charge on any atom is 0.267 e. The fourth-order valence-corrected chi connectivity index (χ4v) is 3.34. The van der Waals surface area contributed by atoms with Crippen LogP contribution in [0.1, 0.15) is 31.0 Å². The molecule has 2 aliphatic heterocycles. The molecule has 3 rings (SSSR count). The average molecular weight is 337 g/mol. The van der Waals surface area contributed by atoms with Crippen molar-refractivity contribution >= 4 is 0 Å². The molecule has 0 aliphatic carbocycles. The number of rotatable bonds is 7. The normalized spacial score (nSPS) is 22.5. The van der Waals surface area contributed by atoms with Gasteiger partial charge in [0.25, 0.3) is 5.56 Å². The van der Waals surface area contributed by atoms with E-state index in [0.717, 1.165) is 43.7 Å². The molecule has 3 heterocycles. The van der Waals surface area contributed by atoms with E-state index in [0.29, 0.717) is 32.8 Å². The van der Waals surface area contributed by atoms with E-state index in [1.807, 2.05) is 6.92 Å². The molecule has 1 N–H and O–H groups in total. The first-order valence-corrected chi connectivity index (χ1v) is 8.85. The lowest BCUT2D eigenvalue weighted by Crippen LogP contribution is -2.40. The lowest BCUT2D eigenvalue weighted by Gasteiger charge is -2.29. The highest BCUT2D eigenvalue weighted by Gasteiger charge is 2.22. The van der Waals surface area contributed by atoms with Crippen LogP contribution < -0.4 is 5.56 Å². The first-order valence-electron chi connectivity index (χ1n) is 8.85. The van der Waals surface area contributed by atoms with Crippen molar-refractivity contribution in [2.75, 3.05) is 32.9 Å². The average Bonchev–Trinajstić information content (AvgIpc) is 3.07. The fourth-order valence-electron chi connectivity index (χ4n) is 3.34. The predicted octanol–water partition coefficient (Wildman–Crippen LogP) is 0.178. The van der Waals surface area contributed by atoms with Crippen LogP contribution in [0.2, 0.25) is 0 Å². The fraction of sp³-hybridized carbons (Fsp3) is 0.765. The topological polar surface area (TPSA) is 76.8 Å². The molecule has 1 aromatic rings. The van der Waals surface area contributed by atoms with Crippen LogP contribution in [0.5, 0.6) is 0 Å². The lowest BCUT2D eigenvalue weighted by molar-refractivity contribution is -0.0262. The van der Waals surface area contributed by atoms with Gasteiger partial charge in [-0.15, -0.1) is 0 Å². The number of hydrogen-bond acceptors (Lipinski definition) is 6. The van der Waals surface area contributed by atoms with Gasteiger partial charge in [-0.1, -0.05) is 0 Å². The maximum absolute atomic E-state index is 11.9. The molecule has 1 aromatic heterocycles. The second-order valence-corrected chi connectivity index (χ2v) is 6.58. The highest BCUT2D eigenvalue weighted by atomic mass is 16.5. The summed E-state index contributed by atoms with van der Waals surface area (Å²) in [5.41, 5.74) is 1.92. The molecular formula is C17H27N3O4. The Bertz CT molecular complexity index is 598. The van der Waals surface area contributed by atoms with Crippen LogP contribution in [-0.4, -0.2) is 64.9 Å². The SMILES string of the molecule is CCn1nc2c(cc1=O)CN(C[C@H](O)COC[C@@H]1CCCO1)CC2. The standard InChI is InChI=1S/C17H27N3O4/c1-2-20-17(22)8-13-9-19(6-5-16(13)18-20)10-14(21)11-23-12-15-4-3-7-24-15/h8,14-15,21H,2-7,9-12H2,1H3/t14-,15-/m0/s1. The first-order chi connectivity index (χ1) is 11.7. The molecule has 1 fully saturated rings. The van der Waals surface area contributed by atoms with Gasteiger partial charge in [-0.25, -0.2) is 4.68 Å². The summed E-state index contributed by atoms with van der Waals surface area (Å²) in [6.07, 6.45) is 2.60. The summed E-state index contributed by atoms with van der Waals surface area (Å²) in [5.74, 6) is 0. The molecule has 2 aliphatic rings. The smallest absolute Gasteiger partial charge is 0.267 e. The Hall–Kier alpha value is -1.28. The summed E-state index contributed by atoms with van der Waals surface area (Å²) in [6.45, 7) is 6.24. The van der Waals surface area contributed by atoms with Crippen molar-refractivity contribution < 1.29 is 14.6 Å². The van der Waals surface area contributed by atoms with Gasteiger partial charge in [0, 0.05) is 45.3 Å². The Labute approximate surface area is 142 Å². The van der Waals surface area contributed by atoms with Crippen molar-refractivity contribution in [1.82, 2.24) is 14.7 Å². The molecule has 0 saturated carbocycles. The summed E-state index contributed by atoms with van der Waals surface area (Å²) in [7, 11) is 0. The largest absolute Gasteiger partial charge is 0.389 e. The minimum atomic E-state index is -0.531. The van der Waals surface area contributed by atoms with E-state index in [1.165, 1.54) is 4.68 Å². The Morgan fingerprint density at radius 3 is 3.17 bits per heavy atom.